The Bertz CT molecular complexity index is 365. The van der Waals surface area contributed by atoms with E-state index in [9.17, 15) is 8.42 Å². The molecule has 0 radical (unpaired) electrons. The van der Waals surface area contributed by atoms with Crippen molar-refractivity contribution in [3.8, 4) is 0 Å². The van der Waals surface area contributed by atoms with Gasteiger partial charge in [0.25, 0.3) is 0 Å². The molecule has 1 aliphatic heterocycles. The van der Waals surface area contributed by atoms with Crippen LogP contribution in [0.4, 0.5) is 0 Å². The molecule has 2 atom stereocenters. The molecule has 1 saturated heterocycles. The third-order valence-corrected chi connectivity index (χ3v) is 6.37. The Kier molecular flexibility index (Phi) is 8.88. The van der Waals surface area contributed by atoms with Crippen molar-refractivity contribution in [1.82, 2.24) is 5.32 Å². The largest absolute Gasteiger partial charge is 0.316 e. The number of unbranched alkanes of at least 4 members (excludes halogenated alkanes) is 4. The highest BCUT2D eigenvalue weighted by Crippen LogP contribution is 2.29. The van der Waals surface area contributed by atoms with Gasteiger partial charge in [-0.15, -0.1) is 0 Å². The Balaban J connectivity index is 2.38. The van der Waals surface area contributed by atoms with E-state index < -0.39 is 9.84 Å². The maximum Gasteiger partial charge on any atom is 0.150 e. The lowest BCUT2D eigenvalue weighted by Crippen LogP contribution is -2.31. The summed E-state index contributed by atoms with van der Waals surface area (Å²) in [4.78, 5) is 0. The highest BCUT2D eigenvalue weighted by atomic mass is 32.2. The van der Waals surface area contributed by atoms with Crippen LogP contribution >= 0.6 is 0 Å². The zero-order chi connectivity index (χ0) is 15.7. The topological polar surface area (TPSA) is 46.2 Å². The molecule has 0 spiro atoms. The zero-order valence-electron chi connectivity index (χ0n) is 14.2. The Morgan fingerprint density at radius 2 is 1.81 bits per heavy atom. The average Bonchev–Trinajstić information content (AvgIpc) is 2.76. The van der Waals surface area contributed by atoms with E-state index in [0.717, 1.165) is 19.5 Å². The van der Waals surface area contributed by atoms with Crippen molar-refractivity contribution >= 4 is 9.84 Å². The molecule has 0 aliphatic carbocycles. The highest BCUT2D eigenvalue weighted by Gasteiger charge is 2.33. The van der Waals surface area contributed by atoms with Gasteiger partial charge in [0.15, 0.2) is 9.84 Å². The molecule has 2 unspecified atom stereocenters. The first-order chi connectivity index (χ1) is 9.94. The Hall–Kier alpha value is -0.0900. The maximum absolute atomic E-state index is 11.7. The molecule has 0 aromatic heterocycles. The number of nitrogens with one attached hydrogen (secondary N) is 1. The first-order valence-corrected chi connectivity index (χ1v) is 10.7. The summed E-state index contributed by atoms with van der Waals surface area (Å²) in [5, 5.41) is 3.55. The molecule has 0 aromatic carbocycles. The summed E-state index contributed by atoms with van der Waals surface area (Å²) in [5.74, 6) is 2.43. The molecule has 1 N–H and O–H groups in total. The number of hydrogen-bond acceptors (Lipinski definition) is 3. The van der Waals surface area contributed by atoms with E-state index in [1.807, 2.05) is 0 Å². The van der Waals surface area contributed by atoms with E-state index in [2.05, 4.69) is 26.1 Å². The lowest BCUT2D eigenvalue weighted by molar-refractivity contribution is 0.309. The van der Waals surface area contributed by atoms with E-state index in [1.54, 1.807) is 0 Å². The fraction of sp³-hybridized carbons (Fsp3) is 1.00. The van der Waals surface area contributed by atoms with Crippen LogP contribution in [0.15, 0.2) is 0 Å². The van der Waals surface area contributed by atoms with Crippen molar-refractivity contribution in [2.75, 3.05) is 24.6 Å². The molecule has 0 aromatic rings. The van der Waals surface area contributed by atoms with E-state index in [0.29, 0.717) is 29.3 Å². The van der Waals surface area contributed by atoms with Crippen LogP contribution in [0, 0.1) is 17.8 Å². The normalized spacial score (nSPS) is 22.8. The van der Waals surface area contributed by atoms with Gasteiger partial charge in [0.1, 0.15) is 0 Å². The molecule has 1 aliphatic rings. The first-order valence-electron chi connectivity index (χ1n) is 8.85. The summed E-state index contributed by atoms with van der Waals surface area (Å²) in [6.45, 7) is 8.69. The minimum Gasteiger partial charge on any atom is -0.316 e. The van der Waals surface area contributed by atoms with Gasteiger partial charge in [-0.3, -0.25) is 0 Å². The van der Waals surface area contributed by atoms with Gasteiger partial charge in [-0.2, -0.15) is 0 Å². The fourth-order valence-electron chi connectivity index (χ4n) is 3.27. The van der Waals surface area contributed by atoms with E-state index in [-0.39, 0.29) is 0 Å². The lowest BCUT2D eigenvalue weighted by atomic mass is 9.87. The smallest absolute Gasteiger partial charge is 0.150 e. The Labute approximate surface area is 132 Å². The second-order valence-electron chi connectivity index (χ2n) is 7.18. The fourth-order valence-corrected chi connectivity index (χ4v) is 5.19. The van der Waals surface area contributed by atoms with Gasteiger partial charge in [-0.25, -0.2) is 8.42 Å². The third-order valence-electron chi connectivity index (χ3n) is 4.57. The van der Waals surface area contributed by atoms with Gasteiger partial charge in [0.2, 0.25) is 0 Å². The minimum atomic E-state index is -2.75. The summed E-state index contributed by atoms with van der Waals surface area (Å²) in [7, 11) is -2.75. The Morgan fingerprint density at radius 3 is 2.38 bits per heavy atom. The second kappa shape index (κ2) is 9.83. The molecule has 0 saturated carbocycles. The van der Waals surface area contributed by atoms with Crippen LogP contribution in [0.2, 0.25) is 0 Å². The molecule has 1 rings (SSSR count). The molecule has 1 fully saturated rings. The van der Waals surface area contributed by atoms with Crippen LogP contribution in [0.3, 0.4) is 0 Å². The molecule has 126 valence electrons. The number of hydrogen-bond donors (Lipinski definition) is 1. The second-order valence-corrected chi connectivity index (χ2v) is 9.41. The quantitative estimate of drug-likeness (QED) is 0.592. The van der Waals surface area contributed by atoms with Crippen LogP contribution in [0.5, 0.6) is 0 Å². The molecule has 4 heteroatoms. The molecule has 3 nitrogen and oxygen atoms in total. The number of rotatable bonds is 11. The summed E-state index contributed by atoms with van der Waals surface area (Å²) < 4.78 is 23.4. The SMILES string of the molecule is CCCCCCCC(CNCC(C)C)C1CCS(=O)(=O)C1. The van der Waals surface area contributed by atoms with E-state index in [1.165, 1.54) is 38.5 Å². The molecule has 21 heavy (non-hydrogen) atoms. The van der Waals surface area contributed by atoms with E-state index >= 15 is 0 Å². The van der Waals surface area contributed by atoms with E-state index in [4.69, 9.17) is 0 Å². The minimum absolute atomic E-state index is 0.390. The van der Waals surface area contributed by atoms with Gasteiger partial charge in [0, 0.05) is 0 Å². The van der Waals surface area contributed by atoms with Gasteiger partial charge < -0.3 is 5.32 Å². The Morgan fingerprint density at radius 1 is 1.10 bits per heavy atom. The summed E-state index contributed by atoms with van der Waals surface area (Å²) in [5.41, 5.74) is 0. The molecule has 0 bridgehead atoms. The molecular formula is C17H35NO2S. The van der Waals surface area contributed by atoms with Gasteiger partial charge in [-0.1, -0.05) is 52.9 Å². The third kappa shape index (κ3) is 8.20. The highest BCUT2D eigenvalue weighted by molar-refractivity contribution is 7.91. The van der Waals surface area contributed by atoms with Crippen LogP contribution in [0.25, 0.3) is 0 Å². The van der Waals surface area contributed by atoms with Crippen molar-refractivity contribution in [1.29, 1.82) is 0 Å². The van der Waals surface area contributed by atoms with Crippen molar-refractivity contribution in [3.63, 3.8) is 0 Å². The summed E-state index contributed by atoms with van der Waals surface area (Å²) in [6.07, 6.45) is 8.55. The van der Waals surface area contributed by atoms with Gasteiger partial charge in [0.05, 0.1) is 11.5 Å². The summed E-state index contributed by atoms with van der Waals surface area (Å²) >= 11 is 0. The monoisotopic (exact) mass is 317 g/mol. The molecule has 1 heterocycles. The van der Waals surface area contributed by atoms with Crippen molar-refractivity contribution in [3.05, 3.63) is 0 Å². The van der Waals surface area contributed by atoms with Crippen molar-refractivity contribution in [2.24, 2.45) is 17.8 Å². The van der Waals surface area contributed by atoms with Crippen LogP contribution in [-0.4, -0.2) is 33.0 Å². The summed E-state index contributed by atoms with van der Waals surface area (Å²) in [6, 6.07) is 0. The standard InChI is InChI=1S/C17H35NO2S/c1-4-5-6-7-8-9-16(13-18-12-15(2)3)17-10-11-21(19,20)14-17/h15-18H,4-14H2,1-3H3. The molecular weight excluding hydrogens is 282 g/mol. The van der Waals surface area contributed by atoms with Gasteiger partial charge in [-0.05, 0) is 43.7 Å². The lowest BCUT2D eigenvalue weighted by Gasteiger charge is -2.23. The predicted molar refractivity (Wildman–Crippen MR) is 91.3 cm³/mol. The van der Waals surface area contributed by atoms with Crippen molar-refractivity contribution in [2.45, 2.75) is 65.7 Å². The van der Waals surface area contributed by atoms with Gasteiger partial charge >= 0.3 is 0 Å². The number of sulfone groups is 1. The molecule has 0 amide bonds. The first kappa shape index (κ1) is 19.0. The predicted octanol–water partition coefficient (Wildman–Crippen LogP) is 3.64. The zero-order valence-corrected chi connectivity index (χ0v) is 15.1. The van der Waals surface area contributed by atoms with Crippen molar-refractivity contribution < 1.29 is 8.42 Å². The van der Waals surface area contributed by atoms with Crippen LogP contribution in [-0.2, 0) is 9.84 Å². The van der Waals surface area contributed by atoms with Crippen LogP contribution < -0.4 is 5.32 Å². The van der Waals surface area contributed by atoms with Crippen LogP contribution in [0.1, 0.15) is 65.7 Å². The maximum atomic E-state index is 11.7. The average molecular weight is 318 g/mol.